The van der Waals surface area contributed by atoms with Crippen LogP contribution in [0.2, 0.25) is 0 Å². The topological polar surface area (TPSA) is 108 Å². The third-order valence-corrected chi connectivity index (χ3v) is 4.15. The molecule has 1 aromatic rings. The number of amides is 5. The van der Waals surface area contributed by atoms with Gasteiger partial charge in [0, 0.05) is 5.69 Å². The number of carbonyl (C=O) groups is 4. The lowest BCUT2D eigenvalue weighted by Gasteiger charge is -2.13. The van der Waals surface area contributed by atoms with Gasteiger partial charge in [-0.25, -0.2) is 4.79 Å². The molecule has 1 aromatic carbocycles. The summed E-state index contributed by atoms with van der Waals surface area (Å²) in [6, 6.07) is 5.49. The van der Waals surface area contributed by atoms with Crippen molar-refractivity contribution < 1.29 is 32.3 Å². The Morgan fingerprint density at radius 1 is 1.11 bits per heavy atom. The van der Waals surface area contributed by atoms with Gasteiger partial charge >= 0.3 is 12.2 Å². The summed E-state index contributed by atoms with van der Waals surface area (Å²) in [4.78, 5) is 47.1. The lowest BCUT2D eigenvalue weighted by atomic mass is 10.2. The lowest BCUT2D eigenvalue weighted by Crippen LogP contribution is -2.42. The molecular weight excluding hydrogens is 389 g/mol. The second-order valence-electron chi connectivity index (χ2n) is 5.43. The largest absolute Gasteiger partial charge is 0.405 e. The standard InChI is InChI=1S/C15H15F3N4O4S/c16-15(17,18)8-20-11(23)5-19-13(25)21-10-3-1-9(2-4-10)6-22-12(24)7-27-14(22)26/h1-4H,5-8H2,(H,20,23)(H2,19,21,25). The first-order chi connectivity index (χ1) is 12.6. The molecule has 0 spiro atoms. The average molecular weight is 404 g/mol. The lowest BCUT2D eigenvalue weighted by molar-refractivity contribution is -0.137. The second-order valence-corrected chi connectivity index (χ2v) is 6.36. The van der Waals surface area contributed by atoms with E-state index in [0.29, 0.717) is 11.3 Å². The number of thioether (sulfide) groups is 1. The highest BCUT2D eigenvalue weighted by Crippen LogP contribution is 2.21. The van der Waals surface area contributed by atoms with Gasteiger partial charge in [-0.1, -0.05) is 23.9 Å². The molecule has 1 aliphatic heterocycles. The fraction of sp³-hybridized carbons (Fsp3) is 0.333. The van der Waals surface area contributed by atoms with Gasteiger partial charge in [0.15, 0.2) is 0 Å². The maximum atomic E-state index is 11.9. The van der Waals surface area contributed by atoms with Gasteiger partial charge in [0.2, 0.25) is 11.8 Å². The predicted molar refractivity (Wildman–Crippen MR) is 90.9 cm³/mol. The minimum absolute atomic E-state index is 0.120. The van der Waals surface area contributed by atoms with Crippen LogP contribution in [-0.2, 0) is 16.1 Å². The molecule has 27 heavy (non-hydrogen) atoms. The van der Waals surface area contributed by atoms with Crippen LogP contribution in [0.4, 0.5) is 28.4 Å². The molecule has 146 valence electrons. The van der Waals surface area contributed by atoms with Crippen molar-refractivity contribution >= 4 is 40.5 Å². The molecule has 2 rings (SSSR count). The first-order valence-electron chi connectivity index (χ1n) is 7.58. The van der Waals surface area contributed by atoms with Gasteiger partial charge in [-0.05, 0) is 17.7 Å². The summed E-state index contributed by atoms with van der Waals surface area (Å²) in [6.07, 6.45) is -4.53. The zero-order valence-corrected chi connectivity index (χ0v) is 14.6. The molecule has 12 heteroatoms. The van der Waals surface area contributed by atoms with Crippen LogP contribution >= 0.6 is 11.8 Å². The fourth-order valence-corrected chi connectivity index (χ4v) is 2.73. The smallest absolute Gasteiger partial charge is 0.345 e. The molecule has 1 heterocycles. The normalized spacial score (nSPS) is 14.3. The fourth-order valence-electron chi connectivity index (χ4n) is 2.01. The first-order valence-corrected chi connectivity index (χ1v) is 8.57. The van der Waals surface area contributed by atoms with Crippen molar-refractivity contribution in [1.82, 2.24) is 15.5 Å². The molecule has 0 saturated carbocycles. The molecular formula is C15H15F3N4O4S. The van der Waals surface area contributed by atoms with Crippen LogP contribution in [0.3, 0.4) is 0 Å². The molecule has 0 radical (unpaired) electrons. The monoisotopic (exact) mass is 404 g/mol. The maximum absolute atomic E-state index is 11.9. The minimum Gasteiger partial charge on any atom is -0.345 e. The molecule has 3 N–H and O–H groups in total. The van der Waals surface area contributed by atoms with E-state index < -0.39 is 31.2 Å². The molecule has 0 atom stereocenters. The molecule has 1 aliphatic rings. The summed E-state index contributed by atoms with van der Waals surface area (Å²) in [5.41, 5.74) is 1.04. The highest BCUT2D eigenvalue weighted by Gasteiger charge is 2.29. The Kier molecular flexibility index (Phi) is 6.66. The molecule has 0 unspecified atom stereocenters. The molecule has 0 aromatic heterocycles. The number of halogens is 3. The predicted octanol–water partition coefficient (Wildman–Crippen LogP) is 1.68. The van der Waals surface area contributed by atoms with Gasteiger partial charge in [-0.3, -0.25) is 19.3 Å². The molecule has 0 bridgehead atoms. The molecule has 5 amide bonds. The van der Waals surface area contributed by atoms with Crippen molar-refractivity contribution in [3.05, 3.63) is 29.8 Å². The van der Waals surface area contributed by atoms with Crippen LogP contribution in [-0.4, -0.2) is 53.0 Å². The SMILES string of the molecule is O=C(CNC(=O)Nc1ccc(CN2C(=O)CSC2=O)cc1)NCC(F)(F)F. The number of nitrogens with one attached hydrogen (secondary N) is 3. The zero-order chi connectivity index (χ0) is 20.0. The van der Waals surface area contributed by atoms with Gasteiger partial charge in [-0.15, -0.1) is 0 Å². The number of hydrogen-bond donors (Lipinski definition) is 3. The van der Waals surface area contributed by atoms with Crippen molar-refractivity contribution in [2.45, 2.75) is 12.7 Å². The van der Waals surface area contributed by atoms with Crippen LogP contribution in [0.5, 0.6) is 0 Å². The third-order valence-electron chi connectivity index (χ3n) is 3.29. The van der Waals surface area contributed by atoms with Crippen molar-refractivity contribution in [2.24, 2.45) is 0 Å². The summed E-state index contributed by atoms with van der Waals surface area (Å²) >= 11 is 0.934. The number of anilines is 1. The average Bonchev–Trinajstić information content (AvgIpc) is 2.91. The van der Waals surface area contributed by atoms with E-state index in [4.69, 9.17) is 0 Å². The van der Waals surface area contributed by atoms with E-state index in [1.54, 1.807) is 17.4 Å². The van der Waals surface area contributed by atoms with Crippen LogP contribution in [0.25, 0.3) is 0 Å². The Labute approximate surface area is 155 Å². The number of urea groups is 1. The van der Waals surface area contributed by atoms with Crippen LogP contribution < -0.4 is 16.0 Å². The Bertz CT molecular complexity index is 724. The van der Waals surface area contributed by atoms with E-state index in [1.165, 1.54) is 12.1 Å². The minimum atomic E-state index is -4.53. The summed E-state index contributed by atoms with van der Waals surface area (Å²) in [7, 11) is 0. The van der Waals surface area contributed by atoms with Gasteiger partial charge in [0.05, 0.1) is 18.8 Å². The van der Waals surface area contributed by atoms with Gasteiger partial charge in [-0.2, -0.15) is 13.2 Å². The van der Waals surface area contributed by atoms with E-state index >= 15 is 0 Å². The van der Waals surface area contributed by atoms with Gasteiger partial charge in [0.25, 0.3) is 5.24 Å². The highest BCUT2D eigenvalue weighted by atomic mass is 32.2. The van der Waals surface area contributed by atoms with Gasteiger partial charge < -0.3 is 16.0 Å². The zero-order valence-electron chi connectivity index (χ0n) is 13.8. The van der Waals surface area contributed by atoms with E-state index in [0.717, 1.165) is 16.7 Å². The second kappa shape index (κ2) is 8.75. The molecule has 1 saturated heterocycles. The van der Waals surface area contributed by atoms with Gasteiger partial charge in [0.1, 0.15) is 6.54 Å². The summed E-state index contributed by atoms with van der Waals surface area (Å²) in [5.74, 6) is -1.12. The van der Waals surface area contributed by atoms with Crippen molar-refractivity contribution in [2.75, 3.05) is 24.2 Å². The Morgan fingerprint density at radius 2 is 1.78 bits per heavy atom. The molecule has 1 fully saturated rings. The molecule has 8 nitrogen and oxygen atoms in total. The summed E-state index contributed by atoms with van der Waals surface area (Å²) in [5, 5.41) is 5.84. The van der Waals surface area contributed by atoms with Crippen molar-refractivity contribution in [3.8, 4) is 0 Å². The third kappa shape index (κ3) is 6.81. The number of imide groups is 1. The number of alkyl halides is 3. The van der Waals surface area contributed by atoms with Crippen molar-refractivity contribution in [1.29, 1.82) is 0 Å². The van der Waals surface area contributed by atoms with E-state index in [-0.39, 0.29) is 23.4 Å². The van der Waals surface area contributed by atoms with Crippen molar-refractivity contribution in [3.63, 3.8) is 0 Å². The highest BCUT2D eigenvalue weighted by molar-refractivity contribution is 8.14. The first kappa shape index (κ1) is 20.6. The quantitative estimate of drug-likeness (QED) is 0.669. The Hall–Kier alpha value is -2.76. The summed E-state index contributed by atoms with van der Waals surface area (Å²) in [6.45, 7) is -1.97. The number of rotatable bonds is 6. The Balaban J connectivity index is 1.77. The number of hydrogen-bond acceptors (Lipinski definition) is 5. The maximum Gasteiger partial charge on any atom is 0.405 e. The van der Waals surface area contributed by atoms with E-state index in [1.807, 2.05) is 0 Å². The van der Waals surface area contributed by atoms with Crippen LogP contribution in [0.15, 0.2) is 24.3 Å². The number of carbonyl (C=O) groups excluding carboxylic acids is 4. The number of nitrogens with zero attached hydrogens (tertiary/aromatic N) is 1. The van der Waals surface area contributed by atoms with Crippen LogP contribution in [0.1, 0.15) is 5.56 Å². The number of benzene rings is 1. The Morgan fingerprint density at radius 3 is 2.33 bits per heavy atom. The van der Waals surface area contributed by atoms with Crippen LogP contribution in [0, 0.1) is 0 Å². The molecule has 0 aliphatic carbocycles. The van der Waals surface area contributed by atoms with E-state index in [9.17, 15) is 32.3 Å². The summed E-state index contributed by atoms with van der Waals surface area (Å²) < 4.78 is 35.8. The van der Waals surface area contributed by atoms with E-state index in [2.05, 4.69) is 10.6 Å².